The lowest BCUT2D eigenvalue weighted by molar-refractivity contribution is -0.204. The summed E-state index contributed by atoms with van der Waals surface area (Å²) in [4.78, 5) is 0. The maximum absolute atomic E-state index is 12.0. The predicted molar refractivity (Wildman–Crippen MR) is 158 cm³/mol. The van der Waals surface area contributed by atoms with Crippen LogP contribution in [0.1, 0.15) is 98.5 Å². The van der Waals surface area contributed by atoms with Gasteiger partial charge in [-0.15, -0.1) is 0 Å². The van der Waals surface area contributed by atoms with Crippen molar-refractivity contribution in [2.45, 2.75) is 112 Å². The molecule has 3 saturated carbocycles. The lowest BCUT2D eigenvalue weighted by Crippen LogP contribution is -2.64. The molecular weight excluding hydrogens is 466 g/mol. The molecule has 212 valence electrons. The number of benzene rings is 1. The van der Waals surface area contributed by atoms with Gasteiger partial charge in [-0.25, -0.2) is 0 Å². The predicted octanol–water partition coefficient (Wildman–Crippen LogP) is 7.17. The standard InChI is InChI=1S/C35H55NO2/c1-24(11-10-21-36-22-19-25-12-8-7-9-13-25)26-18-20-33(4)29-16-14-27-28(15-17-30(37)32(27,2)3)35(29,6)31(38)23-34(26,33)5/h7-9,12-14,24,26,28-31,36-38H,10-11,15-23H2,1-6H3/t24-,26-,28-,29+,30+,31-,33+,34-,35+/m1/s1. The number of allylic oxidation sites excluding steroid dienone is 1. The van der Waals surface area contributed by atoms with Gasteiger partial charge in [-0.3, -0.25) is 0 Å². The van der Waals surface area contributed by atoms with Gasteiger partial charge in [0.05, 0.1) is 12.2 Å². The third kappa shape index (κ3) is 4.34. The summed E-state index contributed by atoms with van der Waals surface area (Å²) in [5.74, 6) is 2.29. The third-order valence-corrected chi connectivity index (χ3v) is 13.1. The van der Waals surface area contributed by atoms with Gasteiger partial charge in [0.1, 0.15) is 0 Å². The maximum Gasteiger partial charge on any atom is 0.0628 e. The number of aliphatic hydroxyl groups excluding tert-OH is 2. The molecule has 4 aliphatic carbocycles. The molecule has 0 radical (unpaired) electrons. The van der Waals surface area contributed by atoms with Crippen molar-refractivity contribution in [3.8, 4) is 0 Å². The number of rotatable bonds is 8. The summed E-state index contributed by atoms with van der Waals surface area (Å²) in [6.45, 7) is 16.7. The molecule has 38 heavy (non-hydrogen) atoms. The van der Waals surface area contributed by atoms with Crippen LogP contribution >= 0.6 is 0 Å². The van der Waals surface area contributed by atoms with E-state index in [9.17, 15) is 10.2 Å². The Morgan fingerprint density at radius 3 is 2.39 bits per heavy atom. The first-order valence-corrected chi connectivity index (χ1v) is 15.8. The van der Waals surface area contributed by atoms with Crippen molar-refractivity contribution in [2.24, 2.45) is 45.3 Å². The smallest absolute Gasteiger partial charge is 0.0628 e. The quantitative estimate of drug-likeness (QED) is 0.251. The maximum atomic E-state index is 12.0. The molecular formula is C35H55NO2. The second-order valence-electron chi connectivity index (χ2n) is 15.0. The Balaban J connectivity index is 1.25. The lowest BCUT2D eigenvalue weighted by atomic mass is 9.38. The van der Waals surface area contributed by atoms with Crippen LogP contribution in [0.5, 0.6) is 0 Å². The molecule has 0 unspecified atom stereocenters. The Labute approximate surface area is 232 Å². The highest BCUT2D eigenvalue weighted by Gasteiger charge is 2.70. The molecule has 0 saturated heterocycles. The fourth-order valence-electron chi connectivity index (χ4n) is 10.4. The van der Waals surface area contributed by atoms with E-state index in [4.69, 9.17) is 0 Å². The summed E-state index contributed by atoms with van der Waals surface area (Å²) in [6, 6.07) is 10.8. The van der Waals surface area contributed by atoms with Gasteiger partial charge in [0.15, 0.2) is 0 Å². The van der Waals surface area contributed by atoms with Gasteiger partial charge in [0.25, 0.3) is 0 Å². The molecule has 0 heterocycles. The second kappa shape index (κ2) is 10.3. The Hall–Kier alpha value is -1.16. The molecule has 3 heteroatoms. The van der Waals surface area contributed by atoms with E-state index in [0.29, 0.717) is 23.7 Å². The van der Waals surface area contributed by atoms with E-state index in [2.05, 4.69) is 83.3 Å². The van der Waals surface area contributed by atoms with Crippen molar-refractivity contribution in [2.75, 3.05) is 13.1 Å². The minimum absolute atomic E-state index is 0.0868. The van der Waals surface area contributed by atoms with Crippen molar-refractivity contribution in [3.63, 3.8) is 0 Å². The molecule has 0 aliphatic heterocycles. The number of aliphatic hydroxyl groups is 2. The number of hydrogen-bond acceptors (Lipinski definition) is 3. The van der Waals surface area contributed by atoms with Gasteiger partial charge in [0.2, 0.25) is 0 Å². The van der Waals surface area contributed by atoms with Crippen LogP contribution in [0.15, 0.2) is 42.0 Å². The SMILES string of the molecule is C[C@H](CCCNCCc1ccccc1)[C@H]1CC[C@@]2(C)[C@@H]3CC=C4[C@@H](CC[C@H](O)C4(C)C)[C@]3(C)[C@H](O)C[C@]12C. The van der Waals surface area contributed by atoms with E-state index in [1.165, 1.54) is 36.8 Å². The van der Waals surface area contributed by atoms with Crippen molar-refractivity contribution in [3.05, 3.63) is 47.5 Å². The Kier molecular flexibility index (Phi) is 7.73. The Bertz CT molecular complexity index is 1000. The van der Waals surface area contributed by atoms with Crippen LogP contribution < -0.4 is 5.32 Å². The van der Waals surface area contributed by atoms with E-state index in [1.807, 2.05) is 0 Å². The number of nitrogens with one attached hydrogen (secondary N) is 1. The first-order chi connectivity index (χ1) is 18.0. The summed E-state index contributed by atoms with van der Waals surface area (Å²) in [7, 11) is 0. The minimum Gasteiger partial charge on any atom is -0.393 e. The summed E-state index contributed by atoms with van der Waals surface area (Å²) in [5, 5.41) is 26.5. The van der Waals surface area contributed by atoms with Crippen LogP contribution in [-0.4, -0.2) is 35.5 Å². The third-order valence-electron chi connectivity index (χ3n) is 13.1. The van der Waals surface area contributed by atoms with E-state index in [0.717, 1.165) is 45.2 Å². The zero-order valence-corrected chi connectivity index (χ0v) is 25.1. The summed E-state index contributed by atoms with van der Waals surface area (Å²) >= 11 is 0. The fraction of sp³-hybridized carbons (Fsp3) is 0.771. The monoisotopic (exact) mass is 521 g/mol. The first-order valence-electron chi connectivity index (χ1n) is 15.8. The van der Waals surface area contributed by atoms with Gasteiger partial charge < -0.3 is 15.5 Å². The molecule has 0 bridgehead atoms. The van der Waals surface area contributed by atoms with E-state index >= 15 is 0 Å². The van der Waals surface area contributed by atoms with Crippen molar-refractivity contribution < 1.29 is 10.2 Å². The van der Waals surface area contributed by atoms with Crippen LogP contribution in [0, 0.1) is 45.3 Å². The van der Waals surface area contributed by atoms with Gasteiger partial charge in [-0.2, -0.15) is 0 Å². The van der Waals surface area contributed by atoms with Crippen LogP contribution in [0.25, 0.3) is 0 Å². The van der Waals surface area contributed by atoms with E-state index in [-0.39, 0.29) is 33.9 Å². The highest BCUT2D eigenvalue weighted by atomic mass is 16.3. The molecule has 0 spiro atoms. The zero-order valence-electron chi connectivity index (χ0n) is 25.1. The Morgan fingerprint density at radius 2 is 1.66 bits per heavy atom. The van der Waals surface area contributed by atoms with Crippen LogP contribution in [0.3, 0.4) is 0 Å². The minimum atomic E-state index is -0.267. The fourth-order valence-corrected chi connectivity index (χ4v) is 10.4. The van der Waals surface area contributed by atoms with Crippen molar-refractivity contribution >= 4 is 0 Å². The lowest BCUT2D eigenvalue weighted by Gasteiger charge is -2.67. The molecule has 3 nitrogen and oxygen atoms in total. The zero-order chi connectivity index (χ0) is 27.3. The van der Waals surface area contributed by atoms with Crippen molar-refractivity contribution in [1.82, 2.24) is 5.32 Å². The molecule has 3 N–H and O–H groups in total. The molecule has 4 aliphatic rings. The highest BCUT2D eigenvalue weighted by molar-refractivity contribution is 5.31. The highest BCUT2D eigenvalue weighted by Crippen LogP contribution is 2.74. The first kappa shape index (κ1) is 28.4. The molecule has 0 aromatic heterocycles. The second-order valence-corrected chi connectivity index (χ2v) is 15.0. The van der Waals surface area contributed by atoms with Gasteiger partial charge in [-0.05, 0) is 111 Å². The van der Waals surface area contributed by atoms with Crippen LogP contribution in [-0.2, 0) is 6.42 Å². The molecule has 1 aromatic rings. The number of fused-ring (bicyclic) bond motifs is 5. The van der Waals surface area contributed by atoms with Crippen LogP contribution in [0.2, 0.25) is 0 Å². The van der Waals surface area contributed by atoms with Crippen molar-refractivity contribution in [1.29, 1.82) is 0 Å². The Morgan fingerprint density at radius 1 is 0.921 bits per heavy atom. The topological polar surface area (TPSA) is 52.5 Å². The van der Waals surface area contributed by atoms with Gasteiger partial charge >= 0.3 is 0 Å². The molecule has 1 aromatic carbocycles. The van der Waals surface area contributed by atoms with Gasteiger partial charge in [-0.1, -0.05) is 83.5 Å². The molecule has 9 atom stereocenters. The number of hydrogen-bond donors (Lipinski definition) is 3. The molecule has 5 rings (SSSR count). The summed E-state index contributed by atoms with van der Waals surface area (Å²) in [6.07, 6.45) is 12.1. The average molecular weight is 522 g/mol. The average Bonchev–Trinajstić information content (AvgIpc) is 3.15. The van der Waals surface area contributed by atoms with Gasteiger partial charge in [0, 0.05) is 10.8 Å². The molecule has 3 fully saturated rings. The summed E-state index contributed by atoms with van der Waals surface area (Å²) < 4.78 is 0. The molecule has 0 amide bonds. The van der Waals surface area contributed by atoms with Crippen LogP contribution in [0.4, 0.5) is 0 Å². The van der Waals surface area contributed by atoms with E-state index < -0.39 is 0 Å². The summed E-state index contributed by atoms with van der Waals surface area (Å²) in [5.41, 5.74) is 3.02. The van der Waals surface area contributed by atoms with E-state index in [1.54, 1.807) is 0 Å². The largest absolute Gasteiger partial charge is 0.393 e. The normalized spacial score (nSPS) is 42.5.